The summed E-state index contributed by atoms with van der Waals surface area (Å²) in [6.45, 7) is 0. The average molecular weight is 323 g/mol. The Hall–Kier alpha value is -0.620. The molecule has 2 nitrogen and oxygen atoms in total. The van der Waals surface area contributed by atoms with Gasteiger partial charge in [0, 0.05) is 6.20 Å². The summed E-state index contributed by atoms with van der Waals surface area (Å²) in [7, 11) is 0. The van der Waals surface area contributed by atoms with Gasteiger partial charge in [0.15, 0.2) is 5.82 Å². The van der Waals surface area contributed by atoms with Crippen molar-refractivity contribution in [2.45, 2.75) is 0 Å². The highest BCUT2D eigenvalue weighted by Gasteiger charge is 2.08. The van der Waals surface area contributed by atoms with Gasteiger partial charge in [0.05, 0.1) is 14.8 Å². The highest BCUT2D eigenvalue weighted by molar-refractivity contribution is 14.1. The maximum Gasteiger partial charge on any atom is 0.167 e. The van der Waals surface area contributed by atoms with Gasteiger partial charge in [-0.1, -0.05) is 17.7 Å². The molecule has 72 valence electrons. The lowest BCUT2D eigenvalue weighted by Gasteiger charge is -2.03. The van der Waals surface area contributed by atoms with Crippen LogP contribution in [0.4, 0.5) is 4.39 Å². The van der Waals surface area contributed by atoms with E-state index < -0.39 is 5.82 Å². The Morgan fingerprint density at radius 2 is 2.21 bits per heavy atom. The van der Waals surface area contributed by atoms with Crippen LogP contribution in [0.1, 0.15) is 0 Å². The molecule has 5 heteroatoms. The molecule has 0 bridgehead atoms. The highest BCUT2D eigenvalue weighted by Crippen LogP contribution is 2.21. The number of hydrogen-bond acceptors (Lipinski definition) is 1. The molecule has 0 saturated heterocycles. The summed E-state index contributed by atoms with van der Waals surface area (Å²) >= 11 is 7.76. The molecule has 2 rings (SSSR count). The molecule has 0 spiro atoms. The number of hydrogen-bond donors (Lipinski definition) is 0. The molecule has 0 aliphatic heterocycles. The normalized spacial score (nSPS) is 10.5. The van der Waals surface area contributed by atoms with Gasteiger partial charge in [-0.3, -0.25) is 0 Å². The second-order valence-electron chi connectivity index (χ2n) is 2.68. The summed E-state index contributed by atoms with van der Waals surface area (Å²) in [4.78, 5) is 0. The fraction of sp³-hybridized carbons (Fsp3) is 0. The molecule has 0 aliphatic rings. The van der Waals surface area contributed by atoms with E-state index in [-0.39, 0.29) is 5.02 Å². The third-order valence-electron chi connectivity index (χ3n) is 1.73. The van der Waals surface area contributed by atoms with Gasteiger partial charge in [-0.25, -0.2) is 9.07 Å². The van der Waals surface area contributed by atoms with E-state index >= 15 is 0 Å². The van der Waals surface area contributed by atoms with E-state index in [4.69, 9.17) is 11.6 Å². The Kier molecular flexibility index (Phi) is 2.73. The largest absolute Gasteiger partial charge is 0.237 e. The molecule has 0 radical (unpaired) electrons. The smallest absolute Gasteiger partial charge is 0.167 e. The minimum atomic E-state index is -0.450. The lowest BCUT2D eigenvalue weighted by atomic mass is 10.3. The van der Waals surface area contributed by atoms with Gasteiger partial charge in [0.1, 0.15) is 5.69 Å². The summed E-state index contributed by atoms with van der Waals surface area (Å²) in [5.74, 6) is -0.450. The standard InChI is InChI=1S/C9H5ClFIN2/c10-7-2-1-3-8(9(7)11)14-5-6(12)4-13-14/h1-5H. The Morgan fingerprint density at radius 1 is 1.43 bits per heavy atom. The van der Waals surface area contributed by atoms with E-state index in [1.165, 1.54) is 10.7 Å². The van der Waals surface area contributed by atoms with Crippen LogP contribution in [0.25, 0.3) is 5.69 Å². The number of aromatic nitrogens is 2. The van der Waals surface area contributed by atoms with E-state index in [0.29, 0.717) is 5.69 Å². The molecule has 14 heavy (non-hydrogen) atoms. The molecule has 0 fully saturated rings. The zero-order valence-corrected chi connectivity index (χ0v) is 9.83. The molecule has 0 atom stereocenters. The topological polar surface area (TPSA) is 17.8 Å². The molecular weight excluding hydrogens is 317 g/mol. The number of rotatable bonds is 1. The SMILES string of the molecule is Fc1c(Cl)cccc1-n1cc(I)cn1. The molecule has 1 heterocycles. The maximum absolute atomic E-state index is 13.5. The second-order valence-corrected chi connectivity index (χ2v) is 4.33. The van der Waals surface area contributed by atoms with Crippen LogP contribution in [0.2, 0.25) is 5.02 Å². The van der Waals surface area contributed by atoms with Crippen molar-refractivity contribution in [3.05, 3.63) is 45.0 Å². The van der Waals surface area contributed by atoms with Crippen molar-refractivity contribution >= 4 is 34.2 Å². The molecule has 0 N–H and O–H groups in total. The van der Waals surface area contributed by atoms with Crippen molar-refractivity contribution in [2.24, 2.45) is 0 Å². The molecule has 1 aromatic heterocycles. The zero-order valence-electron chi connectivity index (χ0n) is 6.92. The molecule has 1 aromatic carbocycles. The van der Waals surface area contributed by atoms with Crippen molar-refractivity contribution in [3.8, 4) is 5.69 Å². The number of benzene rings is 1. The highest BCUT2D eigenvalue weighted by atomic mass is 127. The van der Waals surface area contributed by atoms with Gasteiger partial charge >= 0.3 is 0 Å². The fourth-order valence-electron chi connectivity index (χ4n) is 1.10. The Labute approximate surface area is 98.8 Å². The van der Waals surface area contributed by atoms with E-state index in [0.717, 1.165) is 3.57 Å². The van der Waals surface area contributed by atoms with E-state index in [1.807, 2.05) is 0 Å². The lowest BCUT2D eigenvalue weighted by Crippen LogP contribution is -1.97. The van der Waals surface area contributed by atoms with Crippen molar-refractivity contribution in [2.75, 3.05) is 0 Å². The maximum atomic E-state index is 13.5. The fourth-order valence-corrected chi connectivity index (χ4v) is 1.66. The Morgan fingerprint density at radius 3 is 2.86 bits per heavy atom. The molecule has 0 aliphatic carbocycles. The zero-order chi connectivity index (χ0) is 10.1. The number of halogens is 3. The summed E-state index contributed by atoms with van der Waals surface area (Å²) in [6.07, 6.45) is 3.39. The molecule has 2 aromatic rings. The predicted molar refractivity (Wildman–Crippen MR) is 61.2 cm³/mol. The quantitative estimate of drug-likeness (QED) is 0.737. The van der Waals surface area contributed by atoms with Crippen LogP contribution >= 0.6 is 34.2 Å². The predicted octanol–water partition coefficient (Wildman–Crippen LogP) is 3.27. The van der Waals surface area contributed by atoms with Gasteiger partial charge in [-0.05, 0) is 34.7 Å². The second kappa shape index (κ2) is 3.86. The third kappa shape index (κ3) is 1.76. The van der Waals surface area contributed by atoms with Crippen molar-refractivity contribution in [3.63, 3.8) is 0 Å². The Balaban J connectivity index is 2.57. The monoisotopic (exact) mass is 322 g/mol. The van der Waals surface area contributed by atoms with Crippen LogP contribution in [0, 0.1) is 9.39 Å². The van der Waals surface area contributed by atoms with Gasteiger partial charge in [-0.2, -0.15) is 5.10 Å². The van der Waals surface area contributed by atoms with Crippen molar-refractivity contribution < 1.29 is 4.39 Å². The van der Waals surface area contributed by atoms with E-state index in [9.17, 15) is 4.39 Å². The average Bonchev–Trinajstić information content (AvgIpc) is 2.57. The van der Waals surface area contributed by atoms with Crippen LogP contribution in [0.15, 0.2) is 30.6 Å². The molecular formula is C9H5ClFIN2. The Bertz CT molecular complexity index is 470. The first kappa shape index (κ1) is 9.92. The van der Waals surface area contributed by atoms with Crippen LogP contribution < -0.4 is 0 Å². The minimum Gasteiger partial charge on any atom is -0.237 e. The van der Waals surface area contributed by atoms with Crippen LogP contribution in [0.3, 0.4) is 0 Å². The summed E-state index contributed by atoms with van der Waals surface area (Å²) in [6, 6.07) is 4.83. The lowest BCUT2D eigenvalue weighted by molar-refractivity contribution is 0.611. The van der Waals surface area contributed by atoms with Gasteiger partial charge in [0.2, 0.25) is 0 Å². The molecule has 0 saturated carbocycles. The third-order valence-corrected chi connectivity index (χ3v) is 2.58. The summed E-state index contributed by atoms with van der Waals surface area (Å²) in [5, 5.41) is 4.10. The first-order valence-electron chi connectivity index (χ1n) is 3.83. The van der Waals surface area contributed by atoms with E-state index in [2.05, 4.69) is 27.7 Å². The van der Waals surface area contributed by atoms with Crippen LogP contribution in [-0.2, 0) is 0 Å². The van der Waals surface area contributed by atoms with Gasteiger partial charge in [0.25, 0.3) is 0 Å². The first-order valence-corrected chi connectivity index (χ1v) is 5.29. The van der Waals surface area contributed by atoms with Crippen LogP contribution in [-0.4, -0.2) is 9.78 Å². The van der Waals surface area contributed by atoms with Crippen molar-refractivity contribution in [1.82, 2.24) is 9.78 Å². The summed E-state index contributed by atoms with van der Waals surface area (Å²) < 4.78 is 15.9. The van der Waals surface area contributed by atoms with E-state index in [1.54, 1.807) is 24.5 Å². The first-order chi connectivity index (χ1) is 6.68. The summed E-state index contributed by atoms with van der Waals surface area (Å²) in [5.41, 5.74) is 0.361. The molecule has 0 amide bonds. The molecule has 0 unspecified atom stereocenters. The van der Waals surface area contributed by atoms with Gasteiger partial charge in [-0.15, -0.1) is 0 Å². The van der Waals surface area contributed by atoms with Gasteiger partial charge < -0.3 is 0 Å². The minimum absolute atomic E-state index is 0.105. The van der Waals surface area contributed by atoms with Crippen LogP contribution in [0.5, 0.6) is 0 Å². The van der Waals surface area contributed by atoms with Crippen molar-refractivity contribution in [1.29, 1.82) is 0 Å². The number of nitrogens with zero attached hydrogens (tertiary/aromatic N) is 2.